The van der Waals surface area contributed by atoms with Crippen molar-refractivity contribution in [1.82, 2.24) is 29.0 Å². The molecule has 1 aliphatic heterocycles. The van der Waals surface area contributed by atoms with Crippen molar-refractivity contribution in [2.75, 3.05) is 19.7 Å². The van der Waals surface area contributed by atoms with Gasteiger partial charge in [0.25, 0.3) is 0 Å². The number of aryl methyl sites for hydroxylation is 3. The Morgan fingerprint density at radius 3 is 2.68 bits per heavy atom. The van der Waals surface area contributed by atoms with Gasteiger partial charge in [-0.3, -0.25) is 9.67 Å². The van der Waals surface area contributed by atoms with Crippen molar-refractivity contribution in [1.29, 1.82) is 0 Å². The minimum atomic E-state index is -3.68. The maximum Gasteiger partial charge on any atom is 0.246 e. The van der Waals surface area contributed by atoms with E-state index < -0.39 is 16.1 Å². The lowest BCUT2D eigenvalue weighted by Crippen LogP contribution is -2.42. The van der Waals surface area contributed by atoms with Crippen LogP contribution >= 0.6 is 0 Å². The molecule has 0 aliphatic carbocycles. The van der Waals surface area contributed by atoms with Gasteiger partial charge in [-0.2, -0.15) is 9.40 Å². The first-order chi connectivity index (χ1) is 14.9. The fraction of sp³-hybridized carbons (Fsp3) is 0.429. The van der Waals surface area contributed by atoms with Crippen LogP contribution in [-0.4, -0.2) is 57.2 Å². The van der Waals surface area contributed by atoms with E-state index in [1.165, 1.54) is 10.6 Å². The van der Waals surface area contributed by atoms with Crippen LogP contribution in [0.2, 0.25) is 0 Å². The first kappa shape index (κ1) is 21.5. The fourth-order valence-electron chi connectivity index (χ4n) is 3.73. The summed E-state index contributed by atoms with van der Waals surface area (Å²) < 4.78 is 35.8. The highest BCUT2D eigenvalue weighted by atomic mass is 32.2. The Morgan fingerprint density at radius 1 is 1.16 bits per heavy atom. The summed E-state index contributed by atoms with van der Waals surface area (Å²) in [5, 5.41) is 4.35. The normalized spacial score (nSPS) is 17.7. The Morgan fingerprint density at radius 2 is 1.94 bits per heavy atom. The van der Waals surface area contributed by atoms with Gasteiger partial charge < -0.3 is 4.74 Å². The molecule has 0 amide bonds. The Hall–Kier alpha value is -2.69. The molecule has 4 heterocycles. The second-order valence-corrected chi connectivity index (χ2v) is 9.52. The summed E-state index contributed by atoms with van der Waals surface area (Å²) in [6.45, 7) is 7.13. The molecule has 0 spiro atoms. The monoisotopic (exact) mass is 442 g/mol. The number of nitrogens with zero attached hydrogens (tertiary/aromatic N) is 6. The van der Waals surface area contributed by atoms with E-state index in [2.05, 4.69) is 20.1 Å². The summed E-state index contributed by atoms with van der Waals surface area (Å²) >= 11 is 0. The zero-order valence-electron chi connectivity index (χ0n) is 17.9. The van der Waals surface area contributed by atoms with Crippen LogP contribution in [0.25, 0.3) is 11.1 Å². The molecule has 1 aliphatic rings. The van der Waals surface area contributed by atoms with Crippen LogP contribution in [-0.2, 0) is 21.3 Å². The molecule has 31 heavy (non-hydrogen) atoms. The van der Waals surface area contributed by atoms with Gasteiger partial charge in [0, 0.05) is 49.5 Å². The third-order valence-corrected chi connectivity index (χ3v) is 7.17. The minimum Gasteiger partial charge on any atom is -0.369 e. The highest BCUT2D eigenvalue weighted by molar-refractivity contribution is 7.89. The van der Waals surface area contributed by atoms with Gasteiger partial charge in [-0.15, -0.1) is 0 Å². The van der Waals surface area contributed by atoms with E-state index in [0.29, 0.717) is 31.1 Å². The molecule has 0 radical (unpaired) electrons. The zero-order chi connectivity index (χ0) is 22.0. The van der Waals surface area contributed by atoms with Crippen molar-refractivity contribution in [2.24, 2.45) is 0 Å². The molecular formula is C21H26N6O3S. The van der Waals surface area contributed by atoms with Crippen LogP contribution in [0.3, 0.4) is 0 Å². The third kappa shape index (κ3) is 4.51. The van der Waals surface area contributed by atoms with Gasteiger partial charge >= 0.3 is 0 Å². The molecule has 0 bridgehead atoms. The predicted octanol–water partition coefficient (Wildman–Crippen LogP) is 2.52. The molecule has 9 nitrogen and oxygen atoms in total. The van der Waals surface area contributed by atoms with Crippen molar-refractivity contribution in [3.8, 4) is 11.1 Å². The van der Waals surface area contributed by atoms with Crippen LogP contribution in [0.1, 0.15) is 36.5 Å². The van der Waals surface area contributed by atoms with E-state index >= 15 is 0 Å². The lowest BCUT2D eigenvalue weighted by molar-refractivity contribution is -0.00498. The molecule has 0 N–H and O–H groups in total. The lowest BCUT2D eigenvalue weighted by atomic mass is 10.1. The van der Waals surface area contributed by atoms with Crippen molar-refractivity contribution in [2.45, 2.75) is 44.7 Å². The summed E-state index contributed by atoms with van der Waals surface area (Å²) in [5.41, 5.74) is 3.81. The van der Waals surface area contributed by atoms with Gasteiger partial charge in [-0.05, 0) is 38.0 Å². The fourth-order valence-corrected chi connectivity index (χ4v) is 5.33. The maximum absolute atomic E-state index is 13.3. The van der Waals surface area contributed by atoms with Gasteiger partial charge in [-0.25, -0.2) is 18.4 Å². The Bertz CT molecular complexity index is 1160. The average Bonchev–Trinajstić information content (AvgIpc) is 3.15. The molecule has 0 unspecified atom stereocenters. The topological polar surface area (TPSA) is 103 Å². The number of hydrogen-bond acceptors (Lipinski definition) is 7. The molecule has 10 heteroatoms. The van der Waals surface area contributed by atoms with E-state index in [9.17, 15) is 8.42 Å². The molecular weight excluding hydrogens is 416 g/mol. The standard InChI is InChI=1S/C21H26N6O3S/c1-4-5-26-13-21(16(3)25-26)31(28,29)27-6-7-30-20(12-27)19-9-17(8-15(2)24-19)18-10-22-14-23-11-18/h8-11,13-14,20H,4-7,12H2,1-3H3/t20-/m1/s1. The number of ether oxygens (including phenoxy) is 1. The maximum atomic E-state index is 13.3. The van der Waals surface area contributed by atoms with Gasteiger partial charge in [0.15, 0.2) is 0 Å². The molecule has 3 aromatic heterocycles. The van der Waals surface area contributed by atoms with E-state index in [1.807, 2.05) is 26.0 Å². The summed E-state index contributed by atoms with van der Waals surface area (Å²) in [7, 11) is -3.68. The van der Waals surface area contributed by atoms with Crippen LogP contribution in [0.4, 0.5) is 0 Å². The van der Waals surface area contributed by atoms with E-state index in [-0.39, 0.29) is 11.4 Å². The van der Waals surface area contributed by atoms with Crippen LogP contribution in [0, 0.1) is 13.8 Å². The third-order valence-electron chi connectivity index (χ3n) is 5.20. The van der Waals surface area contributed by atoms with Gasteiger partial charge in [0.05, 0.1) is 18.0 Å². The first-order valence-electron chi connectivity index (χ1n) is 10.3. The van der Waals surface area contributed by atoms with Crippen molar-refractivity contribution < 1.29 is 13.2 Å². The van der Waals surface area contributed by atoms with E-state index in [0.717, 1.165) is 23.2 Å². The zero-order valence-corrected chi connectivity index (χ0v) is 18.7. The molecule has 0 saturated carbocycles. The van der Waals surface area contributed by atoms with Crippen LogP contribution in [0.15, 0.2) is 41.9 Å². The molecule has 164 valence electrons. The summed E-state index contributed by atoms with van der Waals surface area (Å²) in [6, 6.07) is 3.86. The van der Waals surface area contributed by atoms with E-state index in [4.69, 9.17) is 4.74 Å². The Balaban J connectivity index is 1.61. The van der Waals surface area contributed by atoms with E-state index in [1.54, 1.807) is 30.2 Å². The van der Waals surface area contributed by atoms with Crippen molar-refractivity contribution >= 4 is 10.0 Å². The van der Waals surface area contributed by atoms with Gasteiger partial charge in [-0.1, -0.05) is 6.92 Å². The van der Waals surface area contributed by atoms with Crippen molar-refractivity contribution in [3.05, 3.63) is 54.1 Å². The highest BCUT2D eigenvalue weighted by Crippen LogP contribution is 2.29. The summed E-state index contributed by atoms with van der Waals surface area (Å²) in [4.78, 5) is 13.0. The number of morpholine rings is 1. The SMILES string of the molecule is CCCn1cc(S(=O)(=O)N2CCO[C@@H](c3cc(-c4cncnc4)cc(C)n3)C2)c(C)n1. The second-order valence-electron chi connectivity index (χ2n) is 7.61. The van der Waals surface area contributed by atoms with Crippen molar-refractivity contribution in [3.63, 3.8) is 0 Å². The molecule has 1 saturated heterocycles. The second kappa shape index (κ2) is 8.81. The first-order valence-corrected chi connectivity index (χ1v) is 11.7. The minimum absolute atomic E-state index is 0.196. The quantitative estimate of drug-likeness (QED) is 0.578. The smallest absolute Gasteiger partial charge is 0.246 e. The summed E-state index contributed by atoms with van der Waals surface area (Å²) in [6.07, 6.45) is 7.00. The van der Waals surface area contributed by atoms with Gasteiger partial charge in [0.2, 0.25) is 10.0 Å². The number of sulfonamides is 1. The van der Waals surface area contributed by atoms with Crippen LogP contribution < -0.4 is 0 Å². The predicted molar refractivity (Wildman–Crippen MR) is 115 cm³/mol. The number of hydrogen-bond donors (Lipinski definition) is 0. The number of pyridine rings is 1. The van der Waals surface area contributed by atoms with Crippen LogP contribution in [0.5, 0.6) is 0 Å². The van der Waals surface area contributed by atoms with Gasteiger partial charge in [0.1, 0.15) is 17.3 Å². The molecule has 0 aromatic carbocycles. The number of rotatable bonds is 6. The molecule has 1 atom stereocenters. The average molecular weight is 443 g/mol. The largest absolute Gasteiger partial charge is 0.369 e. The highest BCUT2D eigenvalue weighted by Gasteiger charge is 2.34. The molecule has 1 fully saturated rings. The number of aromatic nitrogens is 5. The summed E-state index contributed by atoms with van der Waals surface area (Å²) in [5.74, 6) is 0. The lowest BCUT2D eigenvalue weighted by Gasteiger charge is -2.32. The molecule has 3 aromatic rings. The Kier molecular flexibility index (Phi) is 6.12. The Labute approximate surface area is 182 Å². The molecule has 4 rings (SSSR count).